The molecule has 0 aromatic heterocycles. The molecule has 2 aliphatic rings. The molecule has 3 rings (SSSR count). The van der Waals surface area contributed by atoms with E-state index in [0.29, 0.717) is 19.4 Å². The van der Waals surface area contributed by atoms with E-state index >= 15 is 0 Å². The van der Waals surface area contributed by atoms with Crippen molar-refractivity contribution in [3.63, 3.8) is 0 Å². The van der Waals surface area contributed by atoms with E-state index in [-0.39, 0.29) is 23.8 Å². The molecule has 1 heterocycles. The van der Waals surface area contributed by atoms with E-state index in [9.17, 15) is 14.7 Å². The summed E-state index contributed by atoms with van der Waals surface area (Å²) < 4.78 is 5.59. The second-order valence-corrected chi connectivity index (χ2v) is 11.0. The van der Waals surface area contributed by atoms with Gasteiger partial charge in [-0.3, -0.25) is 4.79 Å². The molecule has 1 saturated heterocycles. The van der Waals surface area contributed by atoms with Crippen molar-refractivity contribution in [3.05, 3.63) is 47.9 Å². The summed E-state index contributed by atoms with van der Waals surface area (Å²) in [6.07, 6.45) is 8.16. The molecule has 7 heteroatoms. The Balaban J connectivity index is 1.93. The molecule has 0 bridgehead atoms. The molecule has 7 nitrogen and oxygen atoms in total. The quantitative estimate of drug-likeness (QED) is 0.474. The highest BCUT2D eigenvalue weighted by Gasteiger charge is 2.40. The zero-order chi connectivity index (χ0) is 25.6. The molecule has 2 amide bonds. The summed E-state index contributed by atoms with van der Waals surface area (Å²) in [5, 5.41) is 19.9. The van der Waals surface area contributed by atoms with Crippen LogP contribution in [-0.2, 0) is 9.53 Å². The van der Waals surface area contributed by atoms with Crippen molar-refractivity contribution in [2.24, 2.45) is 11.8 Å². The molecule has 4 unspecified atom stereocenters. The maximum absolute atomic E-state index is 13.8. The van der Waals surface area contributed by atoms with Crippen molar-refractivity contribution >= 4 is 18.1 Å². The van der Waals surface area contributed by atoms with Crippen LogP contribution in [0.2, 0.25) is 0 Å². The van der Waals surface area contributed by atoms with Gasteiger partial charge in [-0.2, -0.15) is 0 Å². The van der Waals surface area contributed by atoms with Crippen LogP contribution >= 0.6 is 0 Å². The Morgan fingerprint density at radius 2 is 2.00 bits per heavy atom. The van der Waals surface area contributed by atoms with Gasteiger partial charge in [0, 0.05) is 18.9 Å². The third kappa shape index (κ3) is 7.80. The minimum atomic E-state index is -0.667. The van der Waals surface area contributed by atoms with Crippen molar-refractivity contribution in [1.29, 1.82) is 0 Å². The lowest BCUT2D eigenvalue weighted by atomic mass is 9.75. The maximum Gasteiger partial charge on any atom is 0.407 e. The summed E-state index contributed by atoms with van der Waals surface area (Å²) in [7, 11) is 0. The molecule has 0 spiro atoms. The fraction of sp³-hybridized carbons (Fsp3) is 0.607. The highest BCUT2D eigenvalue weighted by Crippen LogP contribution is 2.36. The van der Waals surface area contributed by atoms with Crippen LogP contribution in [0.4, 0.5) is 4.79 Å². The highest BCUT2D eigenvalue weighted by atomic mass is 16.6. The third-order valence-corrected chi connectivity index (χ3v) is 6.42. The van der Waals surface area contributed by atoms with Gasteiger partial charge in [0.2, 0.25) is 5.91 Å². The number of hydrogen-bond acceptors (Lipinski definition) is 5. The van der Waals surface area contributed by atoms with Gasteiger partial charge in [0.25, 0.3) is 0 Å². The molecule has 4 N–H and O–H groups in total. The molecule has 1 aromatic rings. The van der Waals surface area contributed by atoms with E-state index < -0.39 is 29.8 Å². The monoisotopic (exact) mass is 483 g/mol. The molecule has 1 aliphatic heterocycles. The zero-order valence-corrected chi connectivity index (χ0v) is 21.6. The molecular formula is C28H41N3O4. The number of nitrogens with one attached hydrogen (secondary N) is 3. The van der Waals surface area contributed by atoms with Crippen LogP contribution in [0.25, 0.3) is 6.08 Å². The van der Waals surface area contributed by atoms with Crippen LogP contribution in [0, 0.1) is 18.3 Å². The molecule has 2 radical (unpaired) electrons. The van der Waals surface area contributed by atoms with E-state index in [1.54, 1.807) is 0 Å². The number of fused-ring (bicyclic) bond motifs is 1. The number of carbonyl (C=O) groups excluding carboxylic acids is 2. The van der Waals surface area contributed by atoms with Crippen LogP contribution in [0.15, 0.2) is 30.3 Å². The molecule has 1 aromatic carbocycles. The summed E-state index contributed by atoms with van der Waals surface area (Å²) >= 11 is 0. The Hall–Kier alpha value is -2.38. The molecule has 0 saturated carbocycles. The minimum Gasteiger partial charge on any atom is -0.444 e. The number of carbonyl (C=O) groups is 2. The van der Waals surface area contributed by atoms with Gasteiger partial charge in [0.1, 0.15) is 5.60 Å². The molecule has 35 heavy (non-hydrogen) atoms. The van der Waals surface area contributed by atoms with Crippen LogP contribution in [-0.4, -0.2) is 54.0 Å². The van der Waals surface area contributed by atoms with E-state index in [1.807, 2.05) is 57.2 Å². The normalized spacial score (nSPS) is 24.1. The summed E-state index contributed by atoms with van der Waals surface area (Å²) in [5.74, 6) is -0.815. The predicted octanol–water partition coefficient (Wildman–Crippen LogP) is 3.66. The van der Waals surface area contributed by atoms with Crippen LogP contribution in [0.5, 0.6) is 0 Å². The Morgan fingerprint density at radius 1 is 1.26 bits per heavy atom. The van der Waals surface area contributed by atoms with Gasteiger partial charge in [0.05, 0.1) is 24.1 Å². The number of amides is 2. The molecule has 1 fully saturated rings. The second-order valence-electron chi connectivity index (χ2n) is 11.0. The number of alkyl carbamates (subject to hydrolysis) is 1. The smallest absolute Gasteiger partial charge is 0.407 e. The van der Waals surface area contributed by atoms with Crippen molar-refractivity contribution < 1.29 is 19.4 Å². The fourth-order valence-corrected chi connectivity index (χ4v) is 4.85. The Labute approximate surface area is 210 Å². The van der Waals surface area contributed by atoms with Gasteiger partial charge in [-0.1, -0.05) is 50.3 Å². The van der Waals surface area contributed by atoms with Crippen molar-refractivity contribution in [1.82, 2.24) is 16.0 Å². The number of aliphatic hydroxyl groups excluding tert-OH is 1. The average Bonchev–Trinajstić information content (AvgIpc) is 2.98. The molecule has 1 aliphatic carbocycles. The Morgan fingerprint density at radius 3 is 2.71 bits per heavy atom. The lowest BCUT2D eigenvalue weighted by Crippen LogP contribution is -2.54. The topological polar surface area (TPSA) is 99.7 Å². The van der Waals surface area contributed by atoms with Crippen LogP contribution < -0.4 is 16.0 Å². The number of benzene rings is 1. The lowest BCUT2D eigenvalue weighted by molar-refractivity contribution is -0.128. The van der Waals surface area contributed by atoms with Gasteiger partial charge in [-0.25, -0.2) is 4.79 Å². The first-order valence-corrected chi connectivity index (χ1v) is 12.8. The van der Waals surface area contributed by atoms with Gasteiger partial charge < -0.3 is 25.8 Å². The van der Waals surface area contributed by atoms with Crippen LogP contribution in [0.1, 0.15) is 70.9 Å². The average molecular weight is 484 g/mol. The number of rotatable bonds is 7. The second kappa shape index (κ2) is 12.0. The Bertz CT molecular complexity index is 892. The minimum absolute atomic E-state index is 0.167. The number of hydrogen-bond donors (Lipinski definition) is 4. The van der Waals surface area contributed by atoms with Crippen molar-refractivity contribution in [2.45, 2.75) is 83.6 Å². The molecule has 5 atom stereocenters. The first-order chi connectivity index (χ1) is 16.5. The van der Waals surface area contributed by atoms with E-state index in [4.69, 9.17) is 4.74 Å². The predicted molar refractivity (Wildman–Crippen MR) is 138 cm³/mol. The van der Waals surface area contributed by atoms with Crippen molar-refractivity contribution in [3.8, 4) is 0 Å². The number of β-amino-alcohol motifs (C(OH)–C–C–N with tert-alkyl or cyclic N) is 1. The van der Waals surface area contributed by atoms with Gasteiger partial charge in [-0.15, -0.1) is 0 Å². The number of aliphatic hydroxyl groups is 1. The SMILES string of the molecule is CC(C)CC(C(=O)NC1CCCNC[C@@H]1O)C(NC(=O)OC(C)(C)C)C1[C]C=Cc2ccccc21. The van der Waals surface area contributed by atoms with E-state index in [1.165, 1.54) is 0 Å². The summed E-state index contributed by atoms with van der Waals surface area (Å²) in [5.41, 5.74) is 1.39. The summed E-state index contributed by atoms with van der Waals surface area (Å²) in [6.45, 7) is 10.8. The molecular weight excluding hydrogens is 442 g/mol. The summed E-state index contributed by atoms with van der Waals surface area (Å²) in [6, 6.07) is 7.08. The lowest BCUT2D eigenvalue weighted by Gasteiger charge is -2.37. The number of ether oxygens (including phenoxy) is 1. The third-order valence-electron chi connectivity index (χ3n) is 6.42. The summed E-state index contributed by atoms with van der Waals surface area (Å²) in [4.78, 5) is 26.8. The standard InChI is InChI=1S/C28H41N3O4/c1-18(2)16-22(26(33)30-23-14-9-15-29-17-24(23)32)25(31-27(34)35-28(3,4)5)21-13-8-11-19-10-6-7-12-20(19)21/h6-8,10-12,18,21-25,29,32H,9,14-17H2,1-5H3,(H,30,33)(H,31,34)/t21?,22?,23?,24-,25?/m0/s1. The largest absolute Gasteiger partial charge is 0.444 e. The molecule has 192 valence electrons. The van der Waals surface area contributed by atoms with Crippen LogP contribution in [0.3, 0.4) is 0 Å². The number of allylic oxidation sites excluding steroid dienone is 1. The zero-order valence-electron chi connectivity index (χ0n) is 21.6. The van der Waals surface area contributed by atoms with E-state index in [2.05, 4.69) is 36.2 Å². The highest BCUT2D eigenvalue weighted by molar-refractivity contribution is 5.81. The fourth-order valence-electron chi connectivity index (χ4n) is 4.85. The first kappa shape index (κ1) is 27.2. The Kier molecular flexibility index (Phi) is 9.36. The maximum atomic E-state index is 13.8. The van der Waals surface area contributed by atoms with Gasteiger partial charge in [-0.05, 0) is 63.6 Å². The first-order valence-electron chi connectivity index (χ1n) is 12.8. The van der Waals surface area contributed by atoms with Gasteiger partial charge in [0.15, 0.2) is 0 Å². The van der Waals surface area contributed by atoms with Gasteiger partial charge >= 0.3 is 6.09 Å². The van der Waals surface area contributed by atoms with Crippen molar-refractivity contribution in [2.75, 3.05) is 13.1 Å². The van der Waals surface area contributed by atoms with E-state index in [0.717, 1.165) is 24.1 Å².